The monoisotopic (exact) mass is 384 g/mol. The number of hydrogen-bond donors (Lipinski definition) is 0. The zero-order chi connectivity index (χ0) is 17.7. The van der Waals surface area contributed by atoms with Crippen LogP contribution in [0.4, 0.5) is 0 Å². The highest BCUT2D eigenvalue weighted by Crippen LogP contribution is 2.50. The Morgan fingerprint density at radius 2 is 1.38 bits per heavy atom. The van der Waals surface area contributed by atoms with E-state index in [-0.39, 0.29) is 6.61 Å². The third kappa shape index (κ3) is 3.85. The van der Waals surface area contributed by atoms with Crippen molar-refractivity contribution in [3.8, 4) is 0 Å². The van der Waals surface area contributed by atoms with Gasteiger partial charge >= 0.3 is 5.97 Å². The van der Waals surface area contributed by atoms with Crippen LogP contribution in [0.1, 0.15) is 20.3 Å². The molecule has 128 valence electrons. The van der Waals surface area contributed by atoms with Crippen molar-refractivity contribution in [1.29, 1.82) is 0 Å². The minimum absolute atomic E-state index is 0.247. The summed E-state index contributed by atoms with van der Waals surface area (Å²) in [5.41, 5.74) is -0.750. The van der Waals surface area contributed by atoms with Crippen LogP contribution < -0.4 is 10.6 Å². The Bertz CT molecular complexity index is 692. The second kappa shape index (κ2) is 8.20. The summed E-state index contributed by atoms with van der Waals surface area (Å²) in [6.45, 7) is 3.82. The van der Waals surface area contributed by atoms with Crippen molar-refractivity contribution in [1.82, 2.24) is 0 Å². The highest BCUT2D eigenvalue weighted by atomic mass is 35.5. The zero-order valence-corrected chi connectivity index (χ0v) is 15.9. The van der Waals surface area contributed by atoms with Gasteiger partial charge in [0, 0.05) is 20.7 Å². The summed E-state index contributed by atoms with van der Waals surface area (Å²) in [6, 6.07) is 13.5. The predicted molar refractivity (Wildman–Crippen MR) is 100 cm³/mol. The van der Waals surface area contributed by atoms with Crippen molar-refractivity contribution in [3.05, 3.63) is 58.6 Å². The van der Waals surface area contributed by atoms with E-state index in [2.05, 4.69) is 0 Å². The largest absolute Gasteiger partial charge is 0.465 e. The molecule has 0 amide bonds. The molecule has 6 heteroatoms. The third-order valence-electron chi connectivity index (χ3n) is 3.80. The average molecular weight is 385 g/mol. The number of halogens is 2. The molecule has 3 nitrogen and oxygen atoms in total. The van der Waals surface area contributed by atoms with E-state index in [9.17, 15) is 9.36 Å². The standard InChI is InChI=1S/C18H19Cl2O3P/c1-3-17(18(21)23-4-2)24(22,15-9-5-13(19)6-10-15)16-11-7-14(20)8-12-16/h5-12,17H,3-4H2,1-2H3. The van der Waals surface area contributed by atoms with Crippen molar-refractivity contribution < 1.29 is 14.1 Å². The number of carbonyl (C=O) groups excluding carboxylic acids is 1. The highest BCUT2D eigenvalue weighted by Gasteiger charge is 2.41. The van der Waals surface area contributed by atoms with Gasteiger partial charge < -0.3 is 9.30 Å². The van der Waals surface area contributed by atoms with Gasteiger partial charge in [-0.3, -0.25) is 4.79 Å². The first kappa shape index (κ1) is 19.1. The van der Waals surface area contributed by atoms with E-state index in [1.165, 1.54) is 0 Å². The van der Waals surface area contributed by atoms with Crippen molar-refractivity contribution in [2.24, 2.45) is 0 Å². The van der Waals surface area contributed by atoms with Gasteiger partial charge in [0.15, 0.2) is 7.14 Å². The molecule has 0 heterocycles. The van der Waals surface area contributed by atoms with Gasteiger partial charge in [-0.1, -0.05) is 30.1 Å². The van der Waals surface area contributed by atoms with Crippen LogP contribution in [0, 0.1) is 0 Å². The quantitative estimate of drug-likeness (QED) is 0.537. The van der Waals surface area contributed by atoms with Crippen LogP contribution in [0.15, 0.2) is 48.5 Å². The summed E-state index contributed by atoms with van der Waals surface area (Å²) in [5, 5.41) is 2.25. The first-order valence-electron chi connectivity index (χ1n) is 7.72. The predicted octanol–water partition coefficient (Wildman–Crippen LogP) is 4.65. The van der Waals surface area contributed by atoms with E-state index in [0.29, 0.717) is 27.1 Å². The Kier molecular flexibility index (Phi) is 6.51. The smallest absolute Gasteiger partial charge is 0.317 e. The maximum Gasteiger partial charge on any atom is 0.317 e. The fourth-order valence-corrected chi connectivity index (χ4v) is 5.98. The second-order valence-corrected chi connectivity index (χ2v) is 9.13. The summed E-state index contributed by atoms with van der Waals surface area (Å²) in [5.74, 6) is -0.451. The van der Waals surface area contributed by atoms with Crippen LogP contribution in [-0.4, -0.2) is 18.2 Å². The molecule has 1 unspecified atom stereocenters. The van der Waals surface area contributed by atoms with E-state index in [1.54, 1.807) is 55.5 Å². The number of carbonyl (C=O) groups is 1. The molecule has 2 aromatic carbocycles. The lowest BCUT2D eigenvalue weighted by Crippen LogP contribution is -2.32. The van der Waals surface area contributed by atoms with Crippen molar-refractivity contribution in [2.45, 2.75) is 25.9 Å². The van der Waals surface area contributed by atoms with Gasteiger partial charge in [-0.25, -0.2) is 0 Å². The van der Waals surface area contributed by atoms with Crippen molar-refractivity contribution in [2.75, 3.05) is 6.61 Å². The molecule has 0 saturated carbocycles. The molecule has 24 heavy (non-hydrogen) atoms. The molecule has 1 atom stereocenters. The Morgan fingerprint density at radius 3 is 1.71 bits per heavy atom. The Morgan fingerprint density at radius 1 is 0.958 bits per heavy atom. The second-order valence-electron chi connectivity index (χ2n) is 5.29. The Hall–Kier alpha value is -1.28. The Labute approximate surface area is 152 Å². The molecule has 0 aromatic heterocycles. The van der Waals surface area contributed by atoms with E-state index in [1.807, 2.05) is 6.92 Å². The summed E-state index contributed by atoms with van der Waals surface area (Å²) in [4.78, 5) is 12.5. The molecule has 0 bridgehead atoms. The number of esters is 1. The molecule has 0 radical (unpaired) electrons. The molecule has 0 saturated heterocycles. The number of hydrogen-bond acceptors (Lipinski definition) is 3. The maximum absolute atomic E-state index is 14.1. The van der Waals surface area contributed by atoms with E-state index in [4.69, 9.17) is 27.9 Å². The van der Waals surface area contributed by atoms with Crippen LogP contribution in [0.3, 0.4) is 0 Å². The summed E-state index contributed by atoms with van der Waals surface area (Å²) in [7, 11) is -3.25. The van der Waals surface area contributed by atoms with Gasteiger partial charge in [0.05, 0.1) is 6.61 Å². The van der Waals surface area contributed by atoms with Crippen LogP contribution in [0.2, 0.25) is 10.0 Å². The van der Waals surface area contributed by atoms with E-state index in [0.717, 1.165) is 0 Å². The van der Waals surface area contributed by atoms with Gasteiger partial charge in [-0.2, -0.15) is 0 Å². The maximum atomic E-state index is 14.1. The molecule has 0 fully saturated rings. The first-order chi connectivity index (χ1) is 11.4. The molecule has 0 aliphatic carbocycles. The van der Waals surface area contributed by atoms with Gasteiger partial charge in [-0.15, -0.1) is 0 Å². The number of rotatable bonds is 6. The molecule has 2 aromatic rings. The van der Waals surface area contributed by atoms with Crippen molar-refractivity contribution >= 4 is 46.9 Å². The molecule has 0 spiro atoms. The molecule has 0 aliphatic heterocycles. The lowest BCUT2D eigenvalue weighted by Gasteiger charge is -2.26. The molecule has 0 aliphatic rings. The normalized spacial score (nSPS) is 12.7. The van der Waals surface area contributed by atoms with Crippen LogP contribution in [0.5, 0.6) is 0 Å². The summed E-state index contributed by atoms with van der Waals surface area (Å²) >= 11 is 11.9. The minimum atomic E-state index is -3.25. The van der Waals surface area contributed by atoms with E-state index < -0.39 is 18.8 Å². The molecular formula is C18H19Cl2O3P. The van der Waals surface area contributed by atoms with Crippen LogP contribution in [0.25, 0.3) is 0 Å². The van der Waals surface area contributed by atoms with Gasteiger partial charge in [-0.05, 0) is 61.9 Å². The fraction of sp³-hybridized carbons (Fsp3) is 0.278. The molecule has 0 N–H and O–H groups in total. The first-order valence-corrected chi connectivity index (χ1v) is 10.2. The lowest BCUT2D eigenvalue weighted by molar-refractivity contribution is -0.142. The minimum Gasteiger partial charge on any atom is -0.465 e. The third-order valence-corrected chi connectivity index (χ3v) is 7.89. The average Bonchev–Trinajstić information content (AvgIpc) is 2.56. The van der Waals surface area contributed by atoms with Gasteiger partial charge in [0.2, 0.25) is 0 Å². The fourth-order valence-electron chi connectivity index (χ4n) is 2.64. The summed E-state index contributed by atoms with van der Waals surface area (Å²) in [6.07, 6.45) is 0.404. The van der Waals surface area contributed by atoms with Crippen molar-refractivity contribution in [3.63, 3.8) is 0 Å². The SMILES string of the molecule is CCOC(=O)C(CC)P(=O)(c1ccc(Cl)cc1)c1ccc(Cl)cc1. The Balaban J connectivity index is 2.63. The molecular weight excluding hydrogens is 366 g/mol. The van der Waals surface area contributed by atoms with Gasteiger partial charge in [0.1, 0.15) is 5.66 Å². The molecule has 2 rings (SSSR count). The summed E-state index contributed by atoms with van der Waals surface area (Å²) < 4.78 is 19.3. The van der Waals surface area contributed by atoms with E-state index >= 15 is 0 Å². The number of ether oxygens (including phenoxy) is 1. The van der Waals surface area contributed by atoms with Crippen LogP contribution >= 0.6 is 30.3 Å². The van der Waals surface area contributed by atoms with Gasteiger partial charge in [0.25, 0.3) is 0 Å². The van der Waals surface area contributed by atoms with Crippen LogP contribution in [-0.2, 0) is 14.1 Å². The topological polar surface area (TPSA) is 43.4 Å². The highest BCUT2D eigenvalue weighted by molar-refractivity contribution is 7.80. The lowest BCUT2D eigenvalue weighted by atomic mass is 10.3. The number of benzene rings is 2. The zero-order valence-electron chi connectivity index (χ0n) is 13.5.